The Morgan fingerprint density at radius 1 is 0.583 bits per heavy atom. The van der Waals surface area contributed by atoms with E-state index in [1.54, 1.807) is 9.80 Å². The van der Waals surface area contributed by atoms with E-state index in [9.17, 15) is 19.5 Å². The van der Waals surface area contributed by atoms with Crippen molar-refractivity contribution in [3.8, 4) is 23.0 Å². The molecule has 250 valence electrons. The predicted molar refractivity (Wildman–Crippen MR) is 183 cm³/mol. The van der Waals surface area contributed by atoms with Gasteiger partial charge in [-0.2, -0.15) is 0 Å². The van der Waals surface area contributed by atoms with Gasteiger partial charge >= 0.3 is 5.97 Å². The van der Waals surface area contributed by atoms with Crippen LogP contribution in [0.4, 0.5) is 0 Å². The summed E-state index contributed by atoms with van der Waals surface area (Å²) in [7, 11) is 0. The lowest BCUT2D eigenvalue weighted by Gasteiger charge is -2.48. The van der Waals surface area contributed by atoms with Gasteiger partial charge < -0.3 is 30.1 Å². The van der Waals surface area contributed by atoms with Crippen molar-refractivity contribution in [3.05, 3.63) is 120 Å². The molecule has 0 radical (unpaired) electrons. The molecule has 2 amide bonds. The Bertz CT molecular complexity index is 1650. The number of rotatable bonds is 15. The van der Waals surface area contributed by atoms with Crippen LogP contribution in [0.1, 0.15) is 37.8 Å². The topological polar surface area (TPSA) is 122 Å². The van der Waals surface area contributed by atoms with Crippen molar-refractivity contribution in [3.63, 3.8) is 0 Å². The van der Waals surface area contributed by atoms with E-state index in [0.717, 1.165) is 22.6 Å². The van der Waals surface area contributed by atoms with Gasteiger partial charge in [-0.25, -0.2) is 0 Å². The van der Waals surface area contributed by atoms with Crippen LogP contribution in [0, 0.1) is 17.8 Å². The van der Waals surface area contributed by atoms with Crippen LogP contribution < -0.4 is 15.2 Å². The van der Waals surface area contributed by atoms with E-state index >= 15 is 0 Å². The fraction of sp³-hybridized carbons (Fsp3) is 0.308. The Morgan fingerprint density at radius 3 is 1.33 bits per heavy atom. The van der Waals surface area contributed by atoms with Gasteiger partial charge in [0.2, 0.25) is 11.8 Å². The molecule has 3 N–H and O–H groups in total. The summed E-state index contributed by atoms with van der Waals surface area (Å²) < 4.78 is 11.8. The SMILES string of the molecule is CCCN(Cc1ccc(Oc2ccccc2)cc1)C(=O)[C@H]1[C@@H](C(=O)O)[C@H](N)[C@@H]1C(=O)N(CCC)Cc1ccc(Oc2ccccc2)cc1. The van der Waals surface area contributed by atoms with E-state index in [2.05, 4.69) is 0 Å². The summed E-state index contributed by atoms with van der Waals surface area (Å²) in [6.45, 7) is 5.36. The van der Waals surface area contributed by atoms with Gasteiger partial charge in [0.25, 0.3) is 0 Å². The molecular weight excluding hydrogens is 606 g/mol. The maximum absolute atomic E-state index is 14.1. The second-order valence-electron chi connectivity index (χ2n) is 12.1. The number of carboxylic acids is 1. The summed E-state index contributed by atoms with van der Waals surface area (Å²) >= 11 is 0. The minimum absolute atomic E-state index is 0.271. The predicted octanol–water partition coefficient (Wildman–Crippen LogP) is 6.72. The molecule has 4 aromatic rings. The molecule has 0 heterocycles. The van der Waals surface area contributed by atoms with Crippen LogP contribution in [0.3, 0.4) is 0 Å². The number of carbonyl (C=O) groups is 3. The maximum atomic E-state index is 14.1. The van der Waals surface area contributed by atoms with Crippen molar-refractivity contribution >= 4 is 17.8 Å². The molecule has 0 aliphatic heterocycles. The number of hydrogen-bond donors (Lipinski definition) is 2. The largest absolute Gasteiger partial charge is 0.481 e. The molecule has 0 aromatic heterocycles. The Labute approximate surface area is 281 Å². The van der Waals surface area contributed by atoms with Crippen LogP contribution in [-0.2, 0) is 27.5 Å². The first-order valence-corrected chi connectivity index (χ1v) is 16.5. The summed E-state index contributed by atoms with van der Waals surface area (Å²) in [5, 5.41) is 10.1. The number of carbonyl (C=O) groups excluding carboxylic acids is 2. The Hall–Kier alpha value is -5.15. The summed E-state index contributed by atoms with van der Waals surface area (Å²) in [6, 6.07) is 32.9. The molecule has 9 heteroatoms. The van der Waals surface area contributed by atoms with E-state index < -0.39 is 29.8 Å². The average Bonchev–Trinajstić information content (AvgIpc) is 3.09. The van der Waals surface area contributed by atoms with Gasteiger partial charge in [-0.1, -0.05) is 74.5 Å². The van der Waals surface area contributed by atoms with Crippen LogP contribution in [0.5, 0.6) is 23.0 Å². The molecule has 0 saturated heterocycles. The van der Waals surface area contributed by atoms with E-state index in [1.807, 2.05) is 123 Å². The summed E-state index contributed by atoms with van der Waals surface area (Å²) in [6.07, 6.45) is 1.36. The van der Waals surface area contributed by atoms with Crippen LogP contribution in [-0.4, -0.2) is 51.8 Å². The molecular formula is C39H43N3O6. The number of nitrogens with two attached hydrogens (primary N) is 1. The third-order valence-corrected chi connectivity index (χ3v) is 8.62. The lowest BCUT2D eigenvalue weighted by Crippen LogP contribution is -2.68. The summed E-state index contributed by atoms with van der Waals surface area (Å²) in [5.41, 5.74) is 8.14. The average molecular weight is 650 g/mol. The van der Waals surface area contributed by atoms with Gasteiger partial charge in [0.05, 0.1) is 17.8 Å². The highest BCUT2D eigenvalue weighted by molar-refractivity contribution is 5.95. The molecule has 5 rings (SSSR count). The van der Waals surface area contributed by atoms with E-state index in [1.165, 1.54) is 0 Å². The second-order valence-corrected chi connectivity index (χ2v) is 12.1. The van der Waals surface area contributed by atoms with E-state index in [-0.39, 0.29) is 18.4 Å². The van der Waals surface area contributed by atoms with Gasteiger partial charge in [-0.15, -0.1) is 0 Å². The van der Waals surface area contributed by atoms with Crippen LogP contribution in [0.25, 0.3) is 0 Å². The molecule has 1 saturated carbocycles. The molecule has 0 spiro atoms. The van der Waals surface area contributed by atoms with Crippen LogP contribution in [0.2, 0.25) is 0 Å². The highest BCUT2D eigenvalue weighted by Crippen LogP contribution is 2.43. The number of carboxylic acid groups (broad SMARTS) is 1. The lowest BCUT2D eigenvalue weighted by molar-refractivity contribution is -0.171. The third-order valence-electron chi connectivity index (χ3n) is 8.62. The van der Waals surface area contributed by atoms with E-state index in [4.69, 9.17) is 15.2 Å². The first-order chi connectivity index (χ1) is 23.3. The van der Waals surface area contributed by atoms with Crippen LogP contribution >= 0.6 is 0 Å². The molecule has 48 heavy (non-hydrogen) atoms. The molecule has 0 bridgehead atoms. The molecule has 1 aliphatic carbocycles. The Morgan fingerprint density at radius 2 is 0.958 bits per heavy atom. The maximum Gasteiger partial charge on any atom is 0.308 e. The molecule has 4 atom stereocenters. The zero-order valence-corrected chi connectivity index (χ0v) is 27.4. The number of ether oxygens (including phenoxy) is 2. The monoisotopic (exact) mass is 649 g/mol. The zero-order valence-electron chi connectivity index (χ0n) is 27.4. The smallest absolute Gasteiger partial charge is 0.308 e. The van der Waals surface area contributed by atoms with E-state index in [0.29, 0.717) is 44.0 Å². The number of aliphatic carboxylic acids is 1. The fourth-order valence-electron chi connectivity index (χ4n) is 6.24. The number of para-hydroxylation sites is 2. The van der Waals surface area contributed by atoms with Gasteiger partial charge in [-0.3, -0.25) is 14.4 Å². The molecule has 1 fully saturated rings. The molecule has 1 aliphatic rings. The highest BCUT2D eigenvalue weighted by atomic mass is 16.5. The highest BCUT2D eigenvalue weighted by Gasteiger charge is 2.60. The van der Waals surface area contributed by atoms with Crippen molar-refractivity contribution in [1.82, 2.24) is 9.80 Å². The number of benzene rings is 4. The Balaban J connectivity index is 1.30. The van der Waals surface area contributed by atoms with Crippen molar-refractivity contribution < 1.29 is 29.0 Å². The van der Waals surface area contributed by atoms with Gasteiger partial charge in [-0.05, 0) is 72.5 Å². The standard InChI is InChI=1S/C39H43N3O6/c1-3-23-41(25-27-15-19-31(20-16-27)47-29-11-7-5-8-12-29)37(43)33-34(36(40)35(33)39(45)46)38(44)42(24-4-2)26-28-17-21-32(22-18-28)48-30-13-9-6-10-14-30/h5-22,33-36H,3-4,23-26,40H2,1-2H3,(H,45,46)/t33-,34-,35-,36-/m1/s1. The number of nitrogens with zero attached hydrogens (tertiary/aromatic N) is 2. The lowest BCUT2D eigenvalue weighted by atomic mass is 9.59. The minimum atomic E-state index is -1.17. The molecule has 4 aromatic carbocycles. The summed E-state index contributed by atoms with van der Waals surface area (Å²) in [5.74, 6) is -2.21. The number of hydrogen-bond acceptors (Lipinski definition) is 6. The quantitative estimate of drug-likeness (QED) is 0.147. The Kier molecular flexibility index (Phi) is 11.5. The first-order valence-electron chi connectivity index (χ1n) is 16.5. The van der Waals surface area contributed by atoms with Crippen molar-refractivity contribution in [2.75, 3.05) is 13.1 Å². The van der Waals surface area contributed by atoms with Crippen molar-refractivity contribution in [2.45, 2.75) is 45.8 Å². The fourth-order valence-corrected chi connectivity index (χ4v) is 6.24. The second kappa shape index (κ2) is 16.1. The van der Waals surface area contributed by atoms with Crippen LogP contribution in [0.15, 0.2) is 109 Å². The first kappa shape index (κ1) is 34.2. The molecule has 9 nitrogen and oxygen atoms in total. The minimum Gasteiger partial charge on any atom is -0.481 e. The molecule has 0 unspecified atom stereocenters. The van der Waals surface area contributed by atoms with Gasteiger partial charge in [0.1, 0.15) is 23.0 Å². The normalized spacial score (nSPS) is 18.3. The zero-order chi connectivity index (χ0) is 34.0. The number of amides is 2. The van der Waals surface area contributed by atoms with Gasteiger partial charge in [0, 0.05) is 32.2 Å². The summed E-state index contributed by atoms with van der Waals surface area (Å²) in [4.78, 5) is 43.9. The third kappa shape index (κ3) is 8.22. The van der Waals surface area contributed by atoms with Gasteiger partial charge in [0.15, 0.2) is 0 Å². The van der Waals surface area contributed by atoms with Crippen molar-refractivity contribution in [2.24, 2.45) is 23.5 Å². The van der Waals surface area contributed by atoms with Crippen molar-refractivity contribution in [1.29, 1.82) is 0 Å².